The molecule has 3 aromatic rings. The van der Waals surface area contributed by atoms with Gasteiger partial charge in [-0.2, -0.15) is 0 Å². The van der Waals surface area contributed by atoms with Crippen molar-refractivity contribution in [2.75, 3.05) is 11.9 Å². The zero-order valence-electron chi connectivity index (χ0n) is 13.6. The predicted molar refractivity (Wildman–Crippen MR) is 91.3 cm³/mol. The van der Waals surface area contributed by atoms with E-state index in [1.54, 1.807) is 16.8 Å². The van der Waals surface area contributed by atoms with E-state index in [4.69, 9.17) is 0 Å². The van der Waals surface area contributed by atoms with E-state index >= 15 is 0 Å². The van der Waals surface area contributed by atoms with Gasteiger partial charge in [-0.15, -0.1) is 0 Å². The monoisotopic (exact) mass is 323 g/mol. The number of hydrogen-bond donors (Lipinski definition) is 1. The van der Waals surface area contributed by atoms with Crippen LogP contribution in [0, 0.1) is 11.7 Å². The first kappa shape index (κ1) is 14.8. The van der Waals surface area contributed by atoms with Gasteiger partial charge in [0.25, 0.3) is 0 Å². The molecular weight excluding hydrogens is 305 g/mol. The molecule has 3 heterocycles. The van der Waals surface area contributed by atoms with Gasteiger partial charge in [0.1, 0.15) is 0 Å². The molecule has 3 aromatic heterocycles. The fourth-order valence-corrected chi connectivity index (χ4v) is 2.90. The normalized spacial score (nSPS) is 13.4. The van der Waals surface area contributed by atoms with Gasteiger partial charge in [0, 0.05) is 48.9 Å². The summed E-state index contributed by atoms with van der Waals surface area (Å²) in [6, 6.07) is 1.52. The Kier molecular flexibility index (Phi) is 3.52. The molecule has 24 heavy (non-hydrogen) atoms. The molecule has 0 amide bonds. The van der Waals surface area contributed by atoms with E-state index in [2.05, 4.69) is 40.2 Å². The van der Waals surface area contributed by atoms with E-state index in [-0.39, 0.29) is 5.82 Å². The maximum Gasteiger partial charge on any atom is 0.222 e. The minimum atomic E-state index is -0.331. The van der Waals surface area contributed by atoms with Gasteiger partial charge >= 0.3 is 0 Å². The van der Waals surface area contributed by atoms with Crippen molar-refractivity contribution in [3.8, 4) is 0 Å². The van der Waals surface area contributed by atoms with Crippen LogP contribution in [0.25, 0.3) is 11.2 Å². The van der Waals surface area contributed by atoms with E-state index in [9.17, 15) is 4.39 Å². The molecule has 0 bridgehead atoms. The van der Waals surface area contributed by atoms with E-state index in [0.29, 0.717) is 17.5 Å². The largest absolute Gasteiger partial charge is 0.354 e. The van der Waals surface area contributed by atoms with Crippen LogP contribution < -0.4 is 5.32 Å². The summed E-state index contributed by atoms with van der Waals surface area (Å²) in [6.07, 6.45) is 9.84. The third-order valence-electron chi connectivity index (χ3n) is 4.08. The molecule has 1 aliphatic rings. The lowest BCUT2D eigenvalue weighted by molar-refractivity contribution is 0.629. The Morgan fingerprint density at radius 2 is 2.21 bits per heavy atom. The molecular formula is C18H18FN5. The highest BCUT2D eigenvalue weighted by Crippen LogP contribution is 2.32. The van der Waals surface area contributed by atoms with Crippen molar-refractivity contribution in [1.82, 2.24) is 19.4 Å². The maximum absolute atomic E-state index is 14.2. The quantitative estimate of drug-likeness (QED) is 0.800. The first-order valence-corrected chi connectivity index (χ1v) is 8.04. The van der Waals surface area contributed by atoms with Crippen molar-refractivity contribution in [2.45, 2.75) is 20.3 Å². The molecule has 0 fully saturated rings. The third kappa shape index (κ3) is 2.54. The minimum absolute atomic E-state index is 0.331. The fourth-order valence-electron chi connectivity index (χ4n) is 2.90. The number of hydrogen-bond acceptors (Lipinski definition) is 4. The highest BCUT2D eigenvalue weighted by atomic mass is 19.1. The van der Waals surface area contributed by atoms with Crippen LogP contribution in [0.3, 0.4) is 0 Å². The van der Waals surface area contributed by atoms with Gasteiger partial charge in [-0.05, 0) is 17.6 Å². The van der Waals surface area contributed by atoms with Crippen LogP contribution in [0.5, 0.6) is 0 Å². The number of nitrogens with one attached hydrogen (secondary N) is 1. The summed E-state index contributed by atoms with van der Waals surface area (Å²) in [5.74, 6) is 0.844. The standard InChI is InChI=1S/C18H18FN5/c1-11(2)8-21-18-22-9-14-13(3-4-16(14)23-18)12-7-15(19)17-20-5-6-24(17)10-12/h3,5-7,9-11H,4,8H2,1-2H3,(H,21,22,23). The molecule has 5 nitrogen and oxygen atoms in total. The second-order valence-corrected chi connectivity index (χ2v) is 6.39. The van der Waals surface area contributed by atoms with Crippen molar-refractivity contribution >= 4 is 17.2 Å². The Balaban J connectivity index is 1.67. The minimum Gasteiger partial charge on any atom is -0.354 e. The van der Waals surface area contributed by atoms with E-state index < -0.39 is 0 Å². The molecule has 4 rings (SSSR count). The number of pyridine rings is 1. The molecule has 0 atom stereocenters. The van der Waals surface area contributed by atoms with Gasteiger partial charge in [-0.25, -0.2) is 19.3 Å². The second-order valence-electron chi connectivity index (χ2n) is 6.39. The fraction of sp³-hybridized carbons (Fsp3) is 0.278. The Morgan fingerprint density at radius 1 is 1.33 bits per heavy atom. The van der Waals surface area contributed by atoms with Gasteiger partial charge in [-0.1, -0.05) is 19.9 Å². The Hall–Kier alpha value is -2.76. The molecule has 6 heteroatoms. The van der Waals surface area contributed by atoms with Crippen LogP contribution in [0.2, 0.25) is 0 Å². The Labute approximate surface area is 139 Å². The smallest absolute Gasteiger partial charge is 0.222 e. The molecule has 0 unspecified atom stereocenters. The Morgan fingerprint density at radius 3 is 3.04 bits per heavy atom. The summed E-state index contributed by atoms with van der Waals surface area (Å²) < 4.78 is 15.9. The van der Waals surface area contributed by atoms with E-state index in [1.807, 2.05) is 12.4 Å². The zero-order chi connectivity index (χ0) is 16.7. The highest BCUT2D eigenvalue weighted by Gasteiger charge is 2.20. The topological polar surface area (TPSA) is 55.1 Å². The summed E-state index contributed by atoms with van der Waals surface area (Å²) in [6.45, 7) is 5.11. The zero-order valence-corrected chi connectivity index (χ0v) is 13.6. The number of fused-ring (bicyclic) bond motifs is 2. The summed E-state index contributed by atoms with van der Waals surface area (Å²) in [5, 5.41) is 3.24. The number of nitrogens with zero attached hydrogens (tertiary/aromatic N) is 4. The average Bonchev–Trinajstić information content (AvgIpc) is 3.19. The molecule has 122 valence electrons. The number of halogens is 1. The van der Waals surface area contributed by atoms with Crippen LogP contribution in [0.4, 0.5) is 10.3 Å². The molecule has 1 aliphatic carbocycles. The summed E-state index contributed by atoms with van der Waals surface area (Å²) in [4.78, 5) is 13.0. The first-order chi connectivity index (χ1) is 11.6. The Bertz CT molecular complexity index is 942. The van der Waals surface area contributed by atoms with E-state index in [1.165, 1.54) is 6.07 Å². The van der Waals surface area contributed by atoms with E-state index in [0.717, 1.165) is 35.4 Å². The van der Waals surface area contributed by atoms with Crippen molar-refractivity contribution in [2.24, 2.45) is 5.92 Å². The molecule has 0 radical (unpaired) electrons. The van der Waals surface area contributed by atoms with Crippen molar-refractivity contribution < 1.29 is 4.39 Å². The first-order valence-electron chi connectivity index (χ1n) is 8.04. The lowest BCUT2D eigenvalue weighted by atomic mass is 10.0. The molecule has 0 saturated heterocycles. The lowest BCUT2D eigenvalue weighted by Crippen LogP contribution is -2.11. The second kappa shape index (κ2) is 5.70. The van der Waals surface area contributed by atoms with Gasteiger partial charge < -0.3 is 9.72 Å². The summed E-state index contributed by atoms with van der Waals surface area (Å²) in [7, 11) is 0. The molecule has 1 N–H and O–H groups in total. The van der Waals surface area contributed by atoms with Crippen LogP contribution in [-0.4, -0.2) is 25.9 Å². The highest BCUT2D eigenvalue weighted by molar-refractivity contribution is 5.84. The predicted octanol–water partition coefficient (Wildman–Crippen LogP) is 3.32. The maximum atomic E-state index is 14.2. The van der Waals surface area contributed by atoms with Crippen molar-refractivity contribution in [1.29, 1.82) is 0 Å². The number of imidazole rings is 1. The molecule has 0 aliphatic heterocycles. The van der Waals surface area contributed by atoms with Gasteiger partial charge in [0.2, 0.25) is 5.95 Å². The van der Waals surface area contributed by atoms with Crippen LogP contribution in [-0.2, 0) is 6.42 Å². The number of anilines is 1. The molecule has 0 aromatic carbocycles. The van der Waals surface area contributed by atoms with Crippen LogP contribution >= 0.6 is 0 Å². The summed E-state index contributed by atoms with van der Waals surface area (Å²) in [5.41, 5.74) is 4.04. The van der Waals surface area contributed by atoms with Crippen LogP contribution in [0.1, 0.15) is 30.7 Å². The van der Waals surface area contributed by atoms with Crippen LogP contribution in [0.15, 0.2) is 36.9 Å². The molecule has 0 saturated carbocycles. The summed E-state index contributed by atoms with van der Waals surface area (Å²) >= 11 is 0. The van der Waals surface area contributed by atoms with Gasteiger partial charge in [-0.3, -0.25) is 0 Å². The molecule has 0 spiro atoms. The van der Waals surface area contributed by atoms with Crippen molar-refractivity contribution in [3.05, 3.63) is 59.6 Å². The lowest BCUT2D eigenvalue weighted by Gasteiger charge is -2.10. The van der Waals surface area contributed by atoms with Gasteiger partial charge in [0.15, 0.2) is 11.5 Å². The number of allylic oxidation sites excluding steroid dienone is 1. The average molecular weight is 323 g/mol. The van der Waals surface area contributed by atoms with Crippen molar-refractivity contribution in [3.63, 3.8) is 0 Å². The SMILES string of the molecule is CC(C)CNc1ncc2c(n1)CC=C2c1cc(F)c2nccn2c1. The van der Waals surface area contributed by atoms with Gasteiger partial charge in [0.05, 0.1) is 5.69 Å². The number of aromatic nitrogens is 4. The number of rotatable bonds is 4. The third-order valence-corrected chi connectivity index (χ3v) is 4.08.